The van der Waals surface area contributed by atoms with E-state index >= 15 is 0 Å². The van der Waals surface area contributed by atoms with Crippen molar-refractivity contribution in [3.8, 4) is 12.1 Å². The van der Waals surface area contributed by atoms with Crippen LogP contribution >= 0.6 is 54.5 Å². The minimum absolute atomic E-state index is 0. The third-order valence-electron chi connectivity index (χ3n) is 1.68. The van der Waals surface area contributed by atoms with Crippen LogP contribution in [0.25, 0.3) is 0 Å². The van der Waals surface area contributed by atoms with Crippen molar-refractivity contribution < 1.29 is 25.8 Å². The molecule has 0 amide bonds. The topological polar surface area (TPSA) is 97.2 Å². The van der Waals surface area contributed by atoms with E-state index in [-0.39, 0.29) is 28.6 Å². The van der Waals surface area contributed by atoms with Crippen molar-refractivity contribution in [2.45, 2.75) is 6.92 Å². The number of nitriles is 2. The van der Waals surface area contributed by atoms with Crippen LogP contribution < -0.4 is 0 Å². The van der Waals surface area contributed by atoms with E-state index in [1.54, 1.807) is 12.1 Å². The van der Waals surface area contributed by atoms with Gasteiger partial charge in [-0.1, -0.05) is 0 Å². The average molecular weight is 633 g/mol. The van der Waals surface area contributed by atoms with Gasteiger partial charge in [0.1, 0.15) is 21.4 Å². The van der Waals surface area contributed by atoms with Crippen LogP contribution in [0.15, 0.2) is 33.5 Å². The molecule has 25 heavy (non-hydrogen) atoms. The van der Waals surface area contributed by atoms with Gasteiger partial charge in [0.25, 0.3) is 0 Å². The molecule has 2 aromatic heterocycles. The summed E-state index contributed by atoms with van der Waals surface area (Å²) in [5, 5.41) is 21.9. The van der Waals surface area contributed by atoms with Crippen LogP contribution in [0.1, 0.15) is 12.6 Å². The molecular weight excluding hydrogens is 626 g/mol. The van der Waals surface area contributed by atoms with Gasteiger partial charge in [0, 0.05) is 6.92 Å². The molecule has 11 heteroatoms. The summed E-state index contributed by atoms with van der Waals surface area (Å²) in [5.41, 5.74) is 0.196. The molecule has 0 atom stereocenters. The van der Waals surface area contributed by atoms with Crippen molar-refractivity contribution >= 4 is 54.5 Å². The number of hydrogen-bond acceptors (Lipinski definition) is 5. The van der Waals surface area contributed by atoms with Gasteiger partial charge in [0.05, 0.1) is 27.4 Å². The zero-order valence-electron chi connectivity index (χ0n) is 12.2. The SMILES string of the molecule is CC#N.Fc1cnc(I)c(Br)c1.N#Cc1ncc(F)cc1Br.[C-]#N.[Cu+]. The summed E-state index contributed by atoms with van der Waals surface area (Å²) in [4.78, 5) is 7.26. The number of nitrogens with zero attached hydrogens (tertiary/aromatic N) is 5. The largest absolute Gasteiger partial charge is 1.00 e. The van der Waals surface area contributed by atoms with Gasteiger partial charge in [-0.05, 0) is 66.6 Å². The van der Waals surface area contributed by atoms with E-state index in [4.69, 9.17) is 22.4 Å². The van der Waals surface area contributed by atoms with Gasteiger partial charge in [-0.15, -0.1) is 0 Å². The van der Waals surface area contributed by atoms with Gasteiger partial charge in [0.15, 0.2) is 5.69 Å². The Morgan fingerprint density at radius 3 is 1.76 bits per heavy atom. The minimum Gasteiger partial charge on any atom is -0.512 e. The summed E-state index contributed by atoms with van der Waals surface area (Å²) in [6.45, 7) is 6.18. The van der Waals surface area contributed by atoms with Crippen molar-refractivity contribution in [2.75, 3.05) is 0 Å². The van der Waals surface area contributed by atoms with E-state index < -0.39 is 5.82 Å². The molecule has 2 aromatic rings. The number of rotatable bonds is 0. The van der Waals surface area contributed by atoms with Crippen molar-refractivity contribution in [1.82, 2.24) is 9.97 Å². The number of hydrogen-bond donors (Lipinski definition) is 0. The van der Waals surface area contributed by atoms with E-state index in [2.05, 4.69) is 41.8 Å². The predicted molar refractivity (Wildman–Crippen MR) is 97.5 cm³/mol. The van der Waals surface area contributed by atoms with Crippen LogP contribution in [0.3, 0.4) is 0 Å². The second-order valence-electron chi connectivity index (χ2n) is 3.25. The van der Waals surface area contributed by atoms with Crippen molar-refractivity contribution in [2.24, 2.45) is 0 Å². The molecule has 0 unspecified atom stereocenters. The number of halogens is 5. The summed E-state index contributed by atoms with van der Waals surface area (Å²) in [6, 6.07) is 6.13. The van der Waals surface area contributed by atoms with Gasteiger partial charge < -0.3 is 11.8 Å². The first-order valence-corrected chi connectivity index (χ1v) is 8.23. The van der Waals surface area contributed by atoms with Crippen LogP contribution in [-0.2, 0) is 17.1 Å². The Hall–Kier alpha value is -1.16. The fraction of sp³-hybridized carbons (Fsp3) is 0.0714. The minimum atomic E-state index is -0.453. The van der Waals surface area contributed by atoms with E-state index in [1.807, 2.05) is 22.6 Å². The van der Waals surface area contributed by atoms with Crippen LogP contribution in [0.4, 0.5) is 8.78 Å². The maximum atomic E-state index is 12.3. The molecule has 2 heterocycles. The van der Waals surface area contributed by atoms with Gasteiger partial charge in [0.2, 0.25) is 0 Å². The Balaban J connectivity index is -0.000000300. The molecular formula is C14H7Br2CuF2IN5. The van der Waals surface area contributed by atoms with Gasteiger partial charge >= 0.3 is 17.1 Å². The molecule has 0 aliphatic carbocycles. The normalized spacial score (nSPS) is 7.44. The molecule has 0 bridgehead atoms. The Kier molecular flexibility index (Phi) is 20.2. The fourth-order valence-corrected chi connectivity index (χ4v) is 1.92. The molecule has 2 rings (SSSR count). The summed E-state index contributed by atoms with van der Waals surface area (Å²) >= 11 is 8.13. The van der Waals surface area contributed by atoms with Crippen molar-refractivity contribution in [3.63, 3.8) is 0 Å². The van der Waals surface area contributed by atoms with Crippen molar-refractivity contribution in [1.29, 1.82) is 15.8 Å². The van der Waals surface area contributed by atoms with Gasteiger partial charge in [-0.2, -0.15) is 10.5 Å². The second-order valence-corrected chi connectivity index (χ2v) is 5.98. The van der Waals surface area contributed by atoms with E-state index in [0.717, 1.165) is 9.90 Å². The molecule has 0 aromatic carbocycles. The Bertz CT molecular complexity index is 763. The molecule has 5 nitrogen and oxygen atoms in total. The van der Waals surface area contributed by atoms with Crippen molar-refractivity contribution in [3.05, 3.63) is 61.1 Å². The summed E-state index contributed by atoms with van der Waals surface area (Å²) in [7, 11) is 0. The standard InChI is InChI=1S/C6H2BrFN2.C5H2BrFIN.C2H3N.CN.Cu/c7-5-1-4(8)3-10-6(5)2-9;6-4-1-3(7)2-9-5(4)8;1-2-3;1-2;/h1,3H;1-2H;1H3;;/q;;;-1;+1. The molecule has 0 fully saturated rings. The summed E-state index contributed by atoms with van der Waals surface area (Å²) in [5.74, 6) is -0.770. The van der Waals surface area contributed by atoms with E-state index in [9.17, 15) is 8.78 Å². The third kappa shape index (κ3) is 13.8. The molecule has 0 aliphatic rings. The van der Waals surface area contributed by atoms with E-state index in [1.165, 1.54) is 25.3 Å². The molecule has 0 radical (unpaired) electrons. The predicted octanol–water partition coefficient (Wildman–Crippen LogP) is 5.07. The quantitative estimate of drug-likeness (QED) is 0.175. The Labute approximate surface area is 185 Å². The number of aromatic nitrogens is 2. The van der Waals surface area contributed by atoms with Crippen LogP contribution in [0, 0.1) is 49.8 Å². The zero-order chi connectivity index (χ0) is 19.1. The average Bonchev–Trinajstić information content (AvgIpc) is 2.55. The molecule has 0 N–H and O–H groups in total. The molecule has 134 valence electrons. The number of pyridine rings is 2. The third-order valence-corrected chi connectivity index (χ3v) is 4.49. The second kappa shape index (κ2) is 17.7. The summed E-state index contributed by atoms with van der Waals surface area (Å²) in [6.07, 6.45) is 2.19. The zero-order valence-corrected chi connectivity index (χ0v) is 18.5. The fourth-order valence-electron chi connectivity index (χ4n) is 0.895. The Morgan fingerprint density at radius 2 is 1.44 bits per heavy atom. The van der Waals surface area contributed by atoms with Crippen LogP contribution in [-0.4, -0.2) is 9.97 Å². The van der Waals surface area contributed by atoms with Gasteiger partial charge in [-0.25, -0.2) is 18.7 Å². The molecule has 0 saturated carbocycles. The monoisotopic (exact) mass is 631 g/mol. The van der Waals surface area contributed by atoms with Gasteiger partial charge in [-0.3, -0.25) is 0 Å². The van der Waals surface area contributed by atoms with E-state index in [0.29, 0.717) is 8.95 Å². The van der Waals surface area contributed by atoms with Crippen LogP contribution in [0.2, 0.25) is 0 Å². The van der Waals surface area contributed by atoms with Crippen LogP contribution in [0.5, 0.6) is 0 Å². The molecule has 0 aliphatic heterocycles. The first-order chi connectivity index (χ1) is 11.3. The maximum absolute atomic E-state index is 12.3. The molecule has 0 saturated heterocycles. The first kappa shape index (κ1) is 28.6. The Morgan fingerprint density at radius 1 is 1.04 bits per heavy atom. The maximum Gasteiger partial charge on any atom is 1.00 e. The first-order valence-electron chi connectivity index (χ1n) is 5.56. The smallest absolute Gasteiger partial charge is 0.512 e. The summed E-state index contributed by atoms with van der Waals surface area (Å²) < 4.78 is 26.4. The molecule has 0 spiro atoms.